The first-order valence-corrected chi connectivity index (χ1v) is 11.3. The van der Waals surface area contributed by atoms with Gasteiger partial charge in [-0.1, -0.05) is 31.5 Å². The molecule has 158 valence electrons. The number of rotatable bonds is 6. The van der Waals surface area contributed by atoms with Gasteiger partial charge in [0.15, 0.2) is 9.84 Å². The molecule has 0 bridgehead atoms. The van der Waals surface area contributed by atoms with Gasteiger partial charge in [0.1, 0.15) is 0 Å². The molecule has 0 aromatic heterocycles. The highest BCUT2D eigenvalue weighted by atomic mass is 35.5. The SMILES string of the molecule is CC(C)CS(=O)(=O)C1CCN(C(=O)CCc2ccc(Cl)c(C(F)(F)F)c2)CC1. The van der Waals surface area contributed by atoms with Crippen molar-refractivity contribution in [2.45, 2.75) is 51.0 Å². The van der Waals surface area contributed by atoms with E-state index < -0.39 is 26.8 Å². The molecule has 2 rings (SSSR count). The summed E-state index contributed by atoms with van der Waals surface area (Å²) < 4.78 is 63.4. The molecule has 1 heterocycles. The van der Waals surface area contributed by atoms with Crippen LogP contribution in [0.4, 0.5) is 13.2 Å². The predicted octanol–water partition coefficient (Wildman–Crippen LogP) is 4.35. The fourth-order valence-corrected chi connectivity index (χ4v) is 5.77. The smallest absolute Gasteiger partial charge is 0.343 e. The summed E-state index contributed by atoms with van der Waals surface area (Å²) in [5.74, 6) is 0.0258. The average molecular weight is 440 g/mol. The summed E-state index contributed by atoms with van der Waals surface area (Å²) in [6.07, 6.45) is -3.49. The minimum atomic E-state index is -4.54. The van der Waals surface area contributed by atoms with E-state index in [1.165, 1.54) is 12.1 Å². The molecule has 28 heavy (non-hydrogen) atoms. The predicted molar refractivity (Wildman–Crippen MR) is 103 cm³/mol. The van der Waals surface area contributed by atoms with Gasteiger partial charge >= 0.3 is 6.18 Å². The second-order valence-electron chi connectivity index (χ2n) is 7.62. The molecule has 4 nitrogen and oxygen atoms in total. The van der Waals surface area contributed by atoms with Crippen molar-refractivity contribution in [3.05, 3.63) is 34.3 Å². The van der Waals surface area contributed by atoms with Crippen molar-refractivity contribution in [2.24, 2.45) is 5.92 Å². The second kappa shape index (κ2) is 9.03. The molecule has 0 N–H and O–H groups in total. The maximum atomic E-state index is 12.9. The number of nitrogens with zero attached hydrogens (tertiary/aromatic N) is 1. The molecule has 0 atom stereocenters. The summed E-state index contributed by atoms with van der Waals surface area (Å²) >= 11 is 5.60. The van der Waals surface area contributed by atoms with Crippen molar-refractivity contribution in [1.29, 1.82) is 0 Å². The molecule has 0 saturated carbocycles. The third-order valence-corrected chi connectivity index (χ3v) is 7.78. The number of alkyl halides is 3. The summed E-state index contributed by atoms with van der Waals surface area (Å²) in [5, 5.41) is -0.795. The van der Waals surface area contributed by atoms with Crippen LogP contribution in [0.2, 0.25) is 5.02 Å². The van der Waals surface area contributed by atoms with Crippen LogP contribution in [-0.2, 0) is 27.2 Å². The molecule has 1 amide bonds. The first kappa shape index (κ1) is 23.0. The van der Waals surface area contributed by atoms with Gasteiger partial charge in [-0.15, -0.1) is 0 Å². The standard InChI is InChI=1S/C19H25ClF3NO3S/c1-13(2)12-28(26,27)15-7-9-24(10-8-15)18(25)6-4-14-3-5-17(20)16(11-14)19(21,22)23/h3,5,11,13,15H,4,6-10,12H2,1-2H3. The van der Waals surface area contributed by atoms with Crippen LogP contribution in [0.1, 0.15) is 44.2 Å². The quantitative estimate of drug-likeness (QED) is 0.662. The molecule has 1 aromatic carbocycles. The number of halogens is 4. The monoisotopic (exact) mass is 439 g/mol. The van der Waals surface area contributed by atoms with E-state index >= 15 is 0 Å². The molecule has 0 aliphatic carbocycles. The summed E-state index contributed by atoms with van der Waals surface area (Å²) in [5.41, 5.74) is -0.519. The molecule has 1 fully saturated rings. The zero-order valence-corrected chi connectivity index (χ0v) is 17.5. The van der Waals surface area contributed by atoms with Crippen molar-refractivity contribution < 1.29 is 26.4 Å². The van der Waals surface area contributed by atoms with Gasteiger partial charge in [0.25, 0.3) is 0 Å². The number of benzene rings is 1. The van der Waals surface area contributed by atoms with Crippen LogP contribution in [0.15, 0.2) is 18.2 Å². The third-order valence-electron chi connectivity index (χ3n) is 4.83. The lowest BCUT2D eigenvalue weighted by molar-refractivity contribution is -0.137. The van der Waals surface area contributed by atoms with Gasteiger partial charge in [-0.05, 0) is 42.9 Å². The molecule has 1 aromatic rings. The molecule has 0 unspecified atom stereocenters. The van der Waals surface area contributed by atoms with Crippen LogP contribution in [0.5, 0.6) is 0 Å². The number of hydrogen-bond donors (Lipinski definition) is 0. The summed E-state index contributed by atoms with van der Waals surface area (Å²) in [6, 6.07) is 3.64. The zero-order valence-electron chi connectivity index (χ0n) is 15.9. The molecule has 1 saturated heterocycles. The number of hydrogen-bond acceptors (Lipinski definition) is 3. The Morgan fingerprint density at radius 1 is 1.25 bits per heavy atom. The number of carbonyl (C=O) groups is 1. The number of aryl methyl sites for hydroxylation is 1. The number of sulfone groups is 1. The topological polar surface area (TPSA) is 54.5 Å². The molecule has 1 aliphatic rings. The zero-order chi connectivity index (χ0) is 21.1. The van der Waals surface area contributed by atoms with Crippen LogP contribution in [-0.4, -0.2) is 43.3 Å². The first-order valence-electron chi connectivity index (χ1n) is 9.25. The molecule has 9 heteroatoms. The fourth-order valence-electron chi connectivity index (χ4n) is 3.42. The number of carbonyl (C=O) groups excluding carboxylic acids is 1. The summed E-state index contributed by atoms with van der Waals surface area (Å²) in [4.78, 5) is 14.0. The normalized spacial score (nSPS) is 16.6. The van der Waals surface area contributed by atoms with Crippen molar-refractivity contribution >= 4 is 27.3 Å². The van der Waals surface area contributed by atoms with Crippen LogP contribution >= 0.6 is 11.6 Å². The maximum Gasteiger partial charge on any atom is 0.417 e. The Labute approximate surface area is 169 Å². The van der Waals surface area contributed by atoms with Crippen LogP contribution < -0.4 is 0 Å². The van der Waals surface area contributed by atoms with Gasteiger partial charge in [0.2, 0.25) is 5.91 Å². The average Bonchev–Trinajstić information content (AvgIpc) is 2.58. The Hall–Kier alpha value is -1.28. The van der Waals surface area contributed by atoms with Gasteiger partial charge in [-0.2, -0.15) is 13.2 Å². The summed E-state index contributed by atoms with van der Waals surface area (Å²) in [7, 11) is -3.17. The van der Waals surface area contributed by atoms with Crippen LogP contribution in [0.25, 0.3) is 0 Å². The van der Waals surface area contributed by atoms with E-state index in [9.17, 15) is 26.4 Å². The van der Waals surface area contributed by atoms with Crippen molar-refractivity contribution in [2.75, 3.05) is 18.8 Å². The number of likely N-dealkylation sites (tertiary alicyclic amines) is 1. The molecular weight excluding hydrogens is 415 g/mol. The van der Waals surface area contributed by atoms with Crippen molar-refractivity contribution in [1.82, 2.24) is 4.90 Å². The molecule has 0 radical (unpaired) electrons. The minimum absolute atomic E-state index is 0.0608. The van der Waals surface area contributed by atoms with Gasteiger partial charge in [-0.3, -0.25) is 4.79 Å². The van der Waals surface area contributed by atoms with Gasteiger partial charge in [-0.25, -0.2) is 8.42 Å². The van der Waals surface area contributed by atoms with E-state index in [0.29, 0.717) is 31.5 Å². The highest BCUT2D eigenvalue weighted by Gasteiger charge is 2.34. The lowest BCUT2D eigenvalue weighted by Crippen LogP contribution is -2.43. The Morgan fingerprint density at radius 3 is 2.39 bits per heavy atom. The molecule has 0 spiro atoms. The van der Waals surface area contributed by atoms with Crippen molar-refractivity contribution in [3.63, 3.8) is 0 Å². The molecular formula is C19H25ClF3NO3S. The first-order chi connectivity index (χ1) is 12.9. The van der Waals surface area contributed by atoms with E-state index in [4.69, 9.17) is 11.6 Å². The Balaban J connectivity index is 1.90. The lowest BCUT2D eigenvalue weighted by atomic mass is 10.0. The van der Waals surface area contributed by atoms with E-state index in [1.54, 1.807) is 4.90 Å². The highest BCUT2D eigenvalue weighted by Crippen LogP contribution is 2.35. The Kier molecular flexibility index (Phi) is 7.42. The largest absolute Gasteiger partial charge is 0.417 e. The van der Waals surface area contributed by atoms with Gasteiger partial charge < -0.3 is 4.90 Å². The maximum absolute atomic E-state index is 12.9. The van der Waals surface area contributed by atoms with E-state index in [1.807, 2.05) is 13.8 Å². The van der Waals surface area contributed by atoms with Crippen LogP contribution in [0, 0.1) is 5.92 Å². The number of piperidine rings is 1. The fraction of sp³-hybridized carbons (Fsp3) is 0.632. The minimum Gasteiger partial charge on any atom is -0.343 e. The van der Waals surface area contributed by atoms with Crippen molar-refractivity contribution in [3.8, 4) is 0 Å². The summed E-state index contributed by atoms with van der Waals surface area (Å²) in [6.45, 7) is 4.43. The number of amides is 1. The van der Waals surface area contributed by atoms with E-state index in [-0.39, 0.29) is 35.4 Å². The van der Waals surface area contributed by atoms with E-state index in [2.05, 4.69) is 0 Å². The van der Waals surface area contributed by atoms with E-state index in [0.717, 1.165) is 6.07 Å². The van der Waals surface area contributed by atoms with Crippen LogP contribution in [0.3, 0.4) is 0 Å². The molecule has 1 aliphatic heterocycles. The van der Waals surface area contributed by atoms with Gasteiger partial charge in [0.05, 0.1) is 21.6 Å². The Bertz CT molecular complexity index is 801. The highest BCUT2D eigenvalue weighted by molar-refractivity contribution is 7.92. The van der Waals surface area contributed by atoms with Gasteiger partial charge in [0, 0.05) is 19.5 Å². The third kappa shape index (κ3) is 6.11. The Morgan fingerprint density at radius 2 is 1.86 bits per heavy atom. The lowest BCUT2D eigenvalue weighted by Gasteiger charge is -2.32. The second-order valence-corrected chi connectivity index (χ2v) is 10.3.